The number of hydrogen-bond donors (Lipinski definition) is 4. The van der Waals surface area contributed by atoms with Gasteiger partial charge in [0, 0.05) is 5.56 Å². The number of aldehydes is 1. The molecule has 1 aromatic carbocycles. The van der Waals surface area contributed by atoms with Crippen LogP contribution in [-0.4, -0.2) is 41.3 Å². The summed E-state index contributed by atoms with van der Waals surface area (Å²) in [6.07, 6.45) is -0.0514. The highest BCUT2D eigenvalue weighted by atomic mass is 32.2. The molecule has 0 atom stereocenters. The second-order valence-corrected chi connectivity index (χ2v) is 6.26. The zero-order chi connectivity index (χ0) is 15.0. The van der Waals surface area contributed by atoms with E-state index in [0.717, 1.165) is 7.11 Å². The van der Waals surface area contributed by atoms with Crippen molar-refractivity contribution < 1.29 is 42.0 Å². The number of phenols is 1. The molecule has 0 heterocycles. The summed E-state index contributed by atoms with van der Waals surface area (Å²) >= 11 is 0. The molecule has 0 saturated carbocycles. The van der Waals surface area contributed by atoms with Crippen LogP contribution in [0.3, 0.4) is 0 Å². The molecule has 0 aromatic heterocycles. The molecule has 0 aliphatic heterocycles. The molecule has 0 fully saturated rings. The number of ether oxygens (including phenoxy) is 1. The van der Waals surface area contributed by atoms with Gasteiger partial charge in [-0.3, -0.25) is 13.9 Å². The average molecular weight is 312 g/mol. The summed E-state index contributed by atoms with van der Waals surface area (Å²) in [4.78, 5) is 27.6. The van der Waals surface area contributed by atoms with Gasteiger partial charge >= 0.3 is 7.60 Å². The van der Waals surface area contributed by atoms with Gasteiger partial charge in [-0.25, -0.2) is 0 Å². The molecule has 4 N–H and O–H groups in total. The summed E-state index contributed by atoms with van der Waals surface area (Å²) in [6.45, 7) is 0. The van der Waals surface area contributed by atoms with E-state index in [1.165, 1.54) is 0 Å². The van der Waals surface area contributed by atoms with Crippen LogP contribution in [0.2, 0.25) is 0 Å². The number of methoxy groups -OCH3 is 1. The van der Waals surface area contributed by atoms with E-state index < -0.39 is 45.0 Å². The number of carbonyl (C=O) groups excluding carboxylic acids is 1. The lowest BCUT2D eigenvalue weighted by Crippen LogP contribution is -2.13. The molecule has 106 valence electrons. The molecule has 0 saturated heterocycles. The molecular formula is C8H9O9PS. The van der Waals surface area contributed by atoms with Crippen molar-refractivity contribution in [2.75, 3.05) is 7.11 Å². The number of rotatable bonds is 4. The molecule has 0 unspecified atom stereocenters. The van der Waals surface area contributed by atoms with E-state index in [-0.39, 0.29) is 6.29 Å². The Morgan fingerprint density at radius 3 is 2.21 bits per heavy atom. The molecule has 1 rings (SSSR count). The Bertz CT molecular complexity index is 672. The first kappa shape index (κ1) is 15.6. The molecule has 0 radical (unpaired) electrons. The number of phenolic OH excluding ortho intramolecular Hbond substituents is 1. The first-order chi connectivity index (χ1) is 8.54. The van der Waals surface area contributed by atoms with Crippen molar-refractivity contribution in [3.8, 4) is 11.5 Å². The Balaban J connectivity index is 3.95. The van der Waals surface area contributed by atoms with Gasteiger partial charge in [-0.15, -0.1) is 0 Å². The lowest BCUT2D eigenvalue weighted by molar-refractivity contribution is 0.111. The molecule has 0 aliphatic rings. The van der Waals surface area contributed by atoms with Gasteiger partial charge in [-0.1, -0.05) is 0 Å². The van der Waals surface area contributed by atoms with Gasteiger partial charge in [0.15, 0.2) is 22.7 Å². The van der Waals surface area contributed by atoms with Crippen LogP contribution >= 0.6 is 7.60 Å². The molecule has 9 nitrogen and oxygen atoms in total. The van der Waals surface area contributed by atoms with E-state index in [2.05, 4.69) is 4.74 Å². The third-order valence-corrected chi connectivity index (χ3v) is 4.03. The SMILES string of the molecule is COc1c(O)c(P(=O)(O)O)cc(C=O)c1S(=O)(=O)O. The van der Waals surface area contributed by atoms with Gasteiger partial charge in [0.2, 0.25) is 0 Å². The fraction of sp³-hybridized carbons (Fsp3) is 0.125. The third kappa shape index (κ3) is 2.94. The summed E-state index contributed by atoms with van der Waals surface area (Å²) in [5, 5.41) is 8.59. The summed E-state index contributed by atoms with van der Waals surface area (Å²) < 4.78 is 46.8. The molecule has 0 amide bonds. The van der Waals surface area contributed by atoms with Gasteiger partial charge in [0.1, 0.15) is 5.30 Å². The van der Waals surface area contributed by atoms with E-state index in [4.69, 9.17) is 14.3 Å². The van der Waals surface area contributed by atoms with Crippen LogP contribution < -0.4 is 10.0 Å². The van der Waals surface area contributed by atoms with E-state index >= 15 is 0 Å². The van der Waals surface area contributed by atoms with E-state index in [0.29, 0.717) is 6.07 Å². The third-order valence-electron chi connectivity index (χ3n) is 2.12. The van der Waals surface area contributed by atoms with Crippen molar-refractivity contribution >= 4 is 29.3 Å². The molecule has 0 aliphatic carbocycles. The fourth-order valence-corrected chi connectivity index (χ4v) is 2.91. The molecule has 0 bridgehead atoms. The van der Waals surface area contributed by atoms with Crippen LogP contribution in [0.5, 0.6) is 11.5 Å². The number of benzene rings is 1. The quantitative estimate of drug-likeness (QED) is 0.319. The maximum absolute atomic E-state index is 11.1. The fourth-order valence-electron chi connectivity index (χ4n) is 1.40. The number of carbonyl (C=O) groups is 1. The average Bonchev–Trinajstić information content (AvgIpc) is 2.25. The predicted molar refractivity (Wildman–Crippen MR) is 61.5 cm³/mol. The Kier molecular flexibility index (Phi) is 4.03. The van der Waals surface area contributed by atoms with Gasteiger partial charge in [0.25, 0.3) is 10.1 Å². The lowest BCUT2D eigenvalue weighted by atomic mass is 10.2. The summed E-state index contributed by atoms with van der Waals surface area (Å²) in [5.41, 5.74) is -0.754. The number of hydrogen-bond acceptors (Lipinski definition) is 6. The summed E-state index contributed by atoms with van der Waals surface area (Å²) in [5.74, 6) is -2.10. The molecule has 0 spiro atoms. The second kappa shape index (κ2) is 4.91. The van der Waals surface area contributed by atoms with Crippen molar-refractivity contribution in [1.82, 2.24) is 0 Å². The largest absolute Gasteiger partial charge is 0.504 e. The van der Waals surface area contributed by atoms with Gasteiger partial charge in [-0.2, -0.15) is 8.42 Å². The first-order valence-electron chi connectivity index (χ1n) is 4.46. The Morgan fingerprint density at radius 1 is 1.37 bits per heavy atom. The minimum Gasteiger partial charge on any atom is -0.504 e. The van der Waals surface area contributed by atoms with Crippen molar-refractivity contribution in [1.29, 1.82) is 0 Å². The van der Waals surface area contributed by atoms with Crippen molar-refractivity contribution in [3.63, 3.8) is 0 Å². The first-order valence-corrected chi connectivity index (χ1v) is 7.52. The Hall–Kier alpha value is -1.45. The maximum Gasteiger partial charge on any atom is 0.360 e. The molecule has 11 heteroatoms. The van der Waals surface area contributed by atoms with Crippen LogP contribution in [0.15, 0.2) is 11.0 Å². The molecular weight excluding hydrogens is 303 g/mol. The van der Waals surface area contributed by atoms with Crippen LogP contribution in [0.25, 0.3) is 0 Å². The van der Waals surface area contributed by atoms with Crippen LogP contribution in [-0.2, 0) is 14.7 Å². The Morgan fingerprint density at radius 2 is 1.89 bits per heavy atom. The van der Waals surface area contributed by atoms with Crippen LogP contribution in [0, 0.1) is 0 Å². The maximum atomic E-state index is 11.1. The predicted octanol–water partition coefficient (Wildman–Crippen LogP) is -0.737. The molecule has 19 heavy (non-hydrogen) atoms. The topological polar surface area (TPSA) is 158 Å². The van der Waals surface area contributed by atoms with Crippen molar-refractivity contribution in [2.24, 2.45) is 0 Å². The summed E-state index contributed by atoms with van der Waals surface area (Å²) in [6, 6.07) is 0.467. The standard InChI is InChI=1S/C8H9O9PS/c1-17-7-6(10)5(18(11,12)13)2-4(3-9)8(7)19(14,15)16/h2-3,10H,1H3,(H2,11,12,13)(H,14,15,16). The zero-order valence-corrected chi connectivity index (χ0v) is 11.1. The molecule has 1 aromatic rings. The van der Waals surface area contributed by atoms with E-state index in [9.17, 15) is 22.9 Å². The normalized spacial score (nSPS) is 12.2. The summed E-state index contributed by atoms with van der Waals surface area (Å²) in [7, 11) is -9.03. The lowest BCUT2D eigenvalue weighted by Gasteiger charge is -2.14. The van der Waals surface area contributed by atoms with Crippen molar-refractivity contribution in [2.45, 2.75) is 4.90 Å². The van der Waals surface area contributed by atoms with E-state index in [1.54, 1.807) is 0 Å². The zero-order valence-electron chi connectivity index (χ0n) is 9.34. The van der Waals surface area contributed by atoms with Gasteiger partial charge in [0.05, 0.1) is 7.11 Å². The highest BCUT2D eigenvalue weighted by Crippen LogP contribution is 2.44. The van der Waals surface area contributed by atoms with Gasteiger partial charge < -0.3 is 19.6 Å². The van der Waals surface area contributed by atoms with E-state index in [1.807, 2.05) is 0 Å². The highest BCUT2D eigenvalue weighted by Gasteiger charge is 2.32. The Labute approximate surface area is 107 Å². The minimum absolute atomic E-state index is 0.0514. The van der Waals surface area contributed by atoms with Crippen molar-refractivity contribution in [3.05, 3.63) is 11.6 Å². The van der Waals surface area contributed by atoms with Crippen LogP contribution in [0.1, 0.15) is 10.4 Å². The number of aromatic hydroxyl groups is 1. The monoisotopic (exact) mass is 312 g/mol. The van der Waals surface area contributed by atoms with Crippen LogP contribution in [0.4, 0.5) is 0 Å². The smallest absolute Gasteiger partial charge is 0.360 e. The minimum atomic E-state index is -4.97. The highest BCUT2D eigenvalue weighted by molar-refractivity contribution is 7.86. The van der Waals surface area contributed by atoms with Gasteiger partial charge in [-0.05, 0) is 6.07 Å². The second-order valence-electron chi connectivity index (χ2n) is 3.33.